The first-order valence-electron chi connectivity index (χ1n) is 14.4. The summed E-state index contributed by atoms with van der Waals surface area (Å²) in [5, 5.41) is 0. The molecule has 41 heavy (non-hydrogen) atoms. The number of amides is 2. The van der Waals surface area contributed by atoms with Crippen LogP contribution in [-0.4, -0.2) is 79.5 Å². The SMILES string of the molecule is COCCN1CCN(C(=O)c2ccc(COc3ccc4c(c3)C(c3ccc(F)cc3)N(C(=O)C3CC3)CC4)o2)CC1. The summed E-state index contributed by atoms with van der Waals surface area (Å²) in [6, 6.07) is 15.6. The maximum Gasteiger partial charge on any atom is 0.289 e. The van der Waals surface area contributed by atoms with Gasteiger partial charge in [0, 0.05) is 52.3 Å². The molecule has 0 N–H and O–H groups in total. The summed E-state index contributed by atoms with van der Waals surface area (Å²) in [6.07, 6.45) is 2.62. The summed E-state index contributed by atoms with van der Waals surface area (Å²) in [4.78, 5) is 32.3. The van der Waals surface area contributed by atoms with E-state index in [4.69, 9.17) is 13.9 Å². The molecule has 2 fully saturated rings. The number of furan rings is 1. The zero-order chi connectivity index (χ0) is 28.3. The molecule has 0 bridgehead atoms. The summed E-state index contributed by atoms with van der Waals surface area (Å²) < 4.78 is 30.9. The van der Waals surface area contributed by atoms with Crippen LogP contribution >= 0.6 is 0 Å². The van der Waals surface area contributed by atoms with Crippen molar-refractivity contribution in [3.05, 3.63) is 88.6 Å². The van der Waals surface area contributed by atoms with Crippen LogP contribution in [-0.2, 0) is 22.6 Å². The second kappa shape index (κ2) is 12.0. The highest BCUT2D eigenvalue weighted by molar-refractivity contribution is 5.91. The molecule has 0 radical (unpaired) electrons. The van der Waals surface area contributed by atoms with E-state index in [2.05, 4.69) is 4.90 Å². The Balaban J connectivity index is 1.13. The number of carbonyl (C=O) groups excluding carboxylic acids is 2. The van der Waals surface area contributed by atoms with Crippen LogP contribution in [0.15, 0.2) is 59.0 Å². The number of fused-ring (bicyclic) bond motifs is 1. The lowest BCUT2D eigenvalue weighted by Gasteiger charge is -2.38. The van der Waals surface area contributed by atoms with Gasteiger partial charge in [-0.1, -0.05) is 18.2 Å². The molecule has 3 heterocycles. The Morgan fingerprint density at radius 1 is 0.976 bits per heavy atom. The van der Waals surface area contributed by atoms with Gasteiger partial charge in [-0.15, -0.1) is 0 Å². The highest BCUT2D eigenvalue weighted by Crippen LogP contribution is 2.41. The number of methoxy groups -OCH3 is 1. The van der Waals surface area contributed by atoms with Gasteiger partial charge in [0.1, 0.15) is 23.9 Å². The van der Waals surface area contributed by atoms with Gasteiger partial charge < -0.3 is 23.7 Å². The van der Waals surface area contributed by atoms with Crippen LogP contribution in [0.2, 0.25) is 0 Å². The van der Waals surface area contributed by atoms with E-state index in [0.29, 0.717) is 43.5 Å². The van der Waals surface area contributed by atoms with Gasteiger partial charge in [0.25, 0.3) is 5.91 Å². The number of rotatable bonds is 9. The third-order valence-electron chi connectivity index (χ3n) is 8.27. The minimum Gasteiger partial charge on any atom is -0.486 e. The predicted molar refractivity (Wildman–Crippen MR) is 150 cm³/mol. The zero-order valence-electron chi connectivity index (χ0n) is 23.4. The van der Waals surface area contributed by atoms with E-state index in [1.807, 2.05) is 28.0 Å². The van der Waals surface area contributed by atoms with E-state index in [0.717, 1.165) is 55.6 Å². The quantitative estimate of drug-likeness (QED) is 0.388. The number of nitrogens with zero attached hydrogens (tertiary/aromatic N) is 3. The Morgan fingerprint density at radius 3 is 2.49 bits per heavy atom. The number of hydrogen-bond acceptors (Lipinski definition) is 6. The Labute approximate surface area is 239 Å². The van der Waals surface area contributed by atoms with Crippen molar-refractivity contribution in [2.24, 2.45) is 5.92 Å². The number of carbonyl (C=O) groups is 2. The van der Waals surface area contributed by atoms with E-state index in [1.54, 1.807) is 31.4 Å². The summed E-state index contributed by atoms with van der Waals surface area (Å²) in [7, 11) is 1.69. The van der Waals surface area contributed by atoms with E-state index >= 15 is 0 Å². The van der Waals surface area contributed by atoms with Gasteiger partial charge in [-0.25, -0.2) is 4.39 Å². The van der Waals surface area contributed by atoms with Crippen molar-refractivity contribution in [3.8, 4) is 5.75 Å². The number of ether oxygens (including phenoxy) is 2. The fraction of sp³-hybridized carbons (Fsp3) is 0.438. The molecule has 6 rings (SSSR count). The van der Waals surface area contributed by atoms with Crippen molar-refractivity contribution in [2.75, 3.05) is 53.0 Å². The minimum atomic E-state index is -0.303. The second-order valence-corrected chi connectivity index (χ2v) is 11.1. The van der Waals surface area contributed by atoms with E-state index in [1.165, 1.54) is 12.1 Å². The number of halogens is 1. The highest BCUT2D eigenvalue weighted by atomic mass is 19.1. The molecule has 1 saturated heterocycles. The fourth-order valence-corrected chi connectivity index (χ4v) is 5.77. The van der Waals surface area contributed by atoms with Crippen molar-refractivity contribution < 1.29 is 27.9 Å². The molecule has 1 aliphatic carbocycles. The molecule has 3 aromatic rings. The predicted octanol–water partition coefficient (Wildman–Crippen LogP) is 4.29. The third kappa shape index (κ3) is 6.16. The molecular formula is C32H36FN3O5. The van der Waals surface area contributed by atoms with Gasteiger partial charge in [0.05, 0.1) is 12.6 Å². The van der Waals surface area contributed by atoms with Crippen LogP contribution in [0, 0.1) is 11.7 Å². The fourth-order valence-electron chi connectivity index (χ4n) is 5.77. The number of piperazine rings is 1. The smallest absolute Gasteiger partial charge is 0.289 e. The maximum atomic E-state index is 13.7. The lowest BCUT2D eigenvalue weighted by atomic mass is 9.87. The van der Waals surface area contributed by atoms with E-state index in [-0.39, 0.29) is 36.2 Å². The number of hydrogen-bond donors (Lipinski definition) is 0. The minimum absolute atomic E-state index is 0.0920. The maximum absolute atomic E-state index is 13.7. The van der Waals surface area contributed by atoms with Crippen LogP contribution in [0.1, 0.15) is 51.9 Å². The van der Waals surface area contributed by atoms with Crippen molar-refractivity contribution in [1.82, 2.24) is 14.7 Å². The first kappa shape index (κ1) is 27.5. The summed E-state index contributed by atoms with van der Waals surface area (Å²) in [6.45, 7) is 5.28. The summed E-state index contributed by atoms with van der Waals surface area (Å²) in [5.74, 6) is 1.36. The molecule has 2 aliphatic heterocycles. The largest absolute Gasteiger partial charge is 0.486 e. The van der Waals surface area contributed by atoms with Crippen LogP contribution in [0.4, 0.5) is 4.39 Å². The van der Waals surface area contributed by atoms with Gasteiger partial charge in [0.2, 0.25) is 5.91 Å². The zero-order valence-corrected chi connectivity index (χ0v) is 23.4. The summed E-state index contributed by atoms with van der Waals surface area (Å²) >= 11 is 0. The average Bonchev–Trinajstić information content (AvgIpc) is 3.75. The van der Waals surface area contributed by atoms with Gasteiger partial charge in [0.15, 0.2) is 5.76 Å². The Morgan fingerprint density at radius 2 is 1.76 bits per heavy atom. The van der Waals surface area contributed by atoms with Crippen LogP contribution in [0.25, 0.3) is 0 Å². The lowest BCUT2D eigenvalue weighted by molar-refractivity contribution is -0.134. The second-order valence-electron chi connectivity index (χ2n) is 11.1. The molecule has 0 spiro atoms. The Bertz CT molecular complexity index is 1380. The lowest BCUT2D eigenvalue weighted by Crippen LogP contribution is -2.49. The molecule has 216 valence electrons. The van der Waals surface area contributed by atoms with Gasteiger partial charge in [-0.2, -0.15) is 0 Å². The Hall–Kier alpha value is -3.69. The monoisotopic (exact) mass is 561 g/mol. The van der Waals surface area contributed by atoms with Gasteiger partial charge in [-0.05, 0) is 72.4 Å². The molecule has 1 unspecified atom stereocenters. The normalized spacial score (nSPS) is 19.2. The summed E-state index contributed by atoms with van der Waals surface area (Å²) in [5.41, 5.74) is 3.03. The Kier molecular flexibility index (Phi) is 8.07. The highest BCUT2D eigenvalue weighted by Gasteiger charge is 2.39. The van der Waals surface area contributed by atoms with Crippen molar-refractivity contribution >= 4 is 11.8 Å². The molecule has 1 aromatic heterocycles. The third-order valence-corrected chi connectivity index (χ3v) is 8.27. The molecule has 8 nitrogen and oxygen atoms in total. The molecule has 1 saturated carbocycles. The average molecular weight is 562 g/mol. The first-order valence-corrected chi connectivity index (χ1v) is 14.4. The topological polar surface area (TPSA) is 75.5 Å². The number of benzene rings is 2. The van der Waals surface area contributed by atoms with Gasteiger partial charge in [-0.3, -0.25) is 14.5 Å². The van der Waals surface area contributed by atoms with Gasteiger partial charge >= 0.3 is 0 Å². The molecule has 3 aliphatic rings. The van der Waals surface area contributed by atoms with Crippen molar-refractivity contribution in [2.45, 2.75) is 31.9 Å². The van der Waals surface area contributed by atoms with Crippen molar-refractivity contribution in [3.63, 3.8) is 0 Å². The first-order chi connectivity index (χ1) is 20.0. The van der Waals surface area contributed by atoms with Crippen LogP contribution in [0.5, 0.6) is 5.75 Å². The van der Waals surface area contributed by atoms with E-state index < -0.39 is 0 Å². The molecular weight excluding hydrogens is 525 g/mol. The molecule has 9 heteroatoms. The van der Waals surface area contributed by atoms with Crippen LogP contribution < -0.4 is 4.74 Å². The molecule has 2 amide bonds. The molecule has 2 aromatic carbocycles. The van der Waals surface area contributed by atoms with Crippen molar-refractivity contribution in [1.29, 1.82) is 0 Å². The standard InChI is InChI=1S/C32H36FN3O5/c1-39-19-18-34-14-16-35(17-15-34)32(38)29-11-10-27(41-29)21-40-26-9-6-22-12-13-36(31(37)24-2-3-24)30(28(22)20-26)23-4-7-25(33)8-5-23/h4-11,20,24,30H,2-3,12-19,21H2,1H3. The van der Waals surface area contributed by atoms with Crippen LogP contribution in [0.3, 0.4) is 0 Å². The molecule has 1 atom stereocenters. The van der Waals surface area contributed by atoms with E-state index in [9.17, 15) is 14.0 Å².